The molecule has 0 aromatic carbocycles. The van der Waals surface area contributed by atoms with Crippen molar-refractivity contribution in [1.82, 2.24) is 4.90 Å². The molecule has 0 aliphatic carbocycles. The maximum absolute atomic E-state index is 11.3. The summed E-state index contributed by atoms with van der Waals surface area (Å²) in [4.78, 5) is 24.0. The highest BCUT2D eigenvalue weighted by molar-refractivity contribution is 5.81. The molecule has 0 aromatic heterocycles. The second-order valence-corrected chi connectivity index (χ2v) is 4.56. The number of unbranched alkanes of at least 4 members (excludes halogenated alkanes) is 3. The van der Waals surface area contributed by atoms with Crippen LogP contribution in [0.4, 0.5) is 0 Å². The summed E-state index contributed by atoms with van der Waals surface area (Å²) in [6.45, 7) is 4.93. The summed E-state index contributed by atoms with van der Waals surface area (Å²) < 4.78 is 9.93. The molecule has 5 nitrogen and oxygen atoms in total. The number of hydrogen-bond donors (Lipinski definition) is 0. The van der Waals surface area contributed by atoms with Gasteiger partial charge in [0, 0.05) is 12.6 Å². The van der Waals surface area contributed by atoms with Gasteiger partial charge in [-0.2, -0.15) is 0 Å². The Bertz CT molecular complexity index is 277. The molecule has 0 unspecified atom stereocenters. The highest BCUT2D eigenvalue weighted by Gasteiger charge is 2.03. The molecule has 0 aliphatic heterocycles. The predicted octanol–water partition coefficient (Wildman–Crippen LogP) is 1.77. The fourth-order valence-corrected chi connectivity index (χ4v) is 1.36. The van der Waals surface area contributed by atoms with Gasteiger partial charge in [-0.25, -0.2) is 4.79 Å². The lowest BCUT2D eigenvalue weighted by Crippen LogP contribution is -2.18. The van der Waals surface area contributed by atoms with E-state index in [1.165, 1.54) is 0 Å². The minimum atomic E-state index is -0.380. The van der Waals surface area contributed by atoms with Gasteiger partial charge in [-0.1, -0.05) is 6.58 Å². The number of carbonyl (C=O) groups is 2. The van der Waals surface area contributed by atoms with Crippen LogP contribution in [0, 0.1) is 0 Å². The highest BCUT2D eigenvalue weighted by Crippen LogP contribution is 2.01. The first kappa shape index (κ1) is 17.6. The molecule has 0 radical (unpaired) electrons. The Labute approximate surface area is 115 Å². The van der Waals surface area contributed by atoms with Crippen molar-refractivity contribution in [2.75, 3.05) is 33.9 Å². The number of ether oxygens (including phenoxy) is 2. The zero-order valence-corrected chi connectivity index (χ0v) is 12.0. The van der Waals surface area contributed by atoms with Gasteiger partial charge in [-0.3, -0.25) is 4.79 Å². The summed E-state index contributed by atoms with van der Waals surface area (Å²) in [5.74, 6) is -0.525. The first-order valence-corrected chi connectivity index (χ1v) is 6.65. The normalized spacial score (nSPS) is 10.3. The van der Waals surface area contributed by atoms with Crippen molar-refractivity contribution >= 4 is 11.9 Å². The van der Waals surface area contributed by atoms with Crippen LogP contribution < -0.4 is 0 Å². The maximum atomic E-state index is 11.3. The quantitative estimate of drug-likeness (QED) is 0.326. The fraction of sp³-hybridized carbons (Fsp3) is 0.714. The lowest BCUT2D eigenvalue weighted by molar-refractivity contribution is -0.144. The van der Waals surface area contributed by atoms with Gasteiger partial charge in [0.05, 0.1) is 19.6 Å². The van der Waals surface area contributed by atoms with E-state index in [0.29, 0.717) is 26.2 Å². The third-order valence-corrected chi connectivity index (χ3v) is 2.48. The SMILES string of the molecule is C=CC(=O)OCCCCCCOC(=O)CCN(C)C. The van der Waals surface area contributed by atoms with Crippen molar-refractivity contribution in [3.8, 4) is 0 Å². The van der Waals surface area contributed by atoms with Crippen LogP contribution in [0.25, 0.3) is 0 Å². The summed E-state index contributed by atoms with van der Waals surface area (Å²) in [5.41, 5.74) is 0. The zero-order chi connectivity index (χ0) is 14.5. The Morgan fingerprint density at radius 1 is 1.05 bits per heavy atom. The molecule has 0 spiro atoms. The van der Waals surface area contributed by atoms with Crippen LogP contribution in [-0.4, -0.2) is 50.7 Å². The van der Waals surface area contributed by atoms with E-state index in [4.69, 9.17) is 9.47 Å². The third-order valence-electron chi connectivity index (χ3n) is 2.48. The van der Waals surface area contributed by atoms with Gasteiger partial charge in [0.2, 0.25) is 0 Å². The molecule has 19 heavy (non-hydrogen) atoms. The van der Waals surface area contributed by atoms with Crippen molar-refractivity contribution in [1.29, 1.82) is 0 Å². The van der Waals surface area contributed by atoms with E-state index in [1.54, 1.807) is 0 Å². The van der Waals surface area contributed by atoms with Crippen LogP contribution in [-0.2, 0) is 19.1 Å². The molecule has 0 bridgehead atoms. The summed E-state index contributed by atoms with van der Waals surface area (Å²) in [5, 5.41) is 0. The van der Waals surface area contributed by atoms with Gasteiger partial charge < -0.3 is 14.4 Å². The molecule has 0 fully saturated rings. The largest absolute Gasteiger partial charge is 0.466 e. The molecular weight excluding hydrogens is 246 g/mol. The monoisotopic (exact) mass is 271 g/mol. The number of nitrogens with zero attached hydrogens (tertiary/aromatic N) is 1. The van der Waals surface area contributed by atoms with Gasteiger partial charge in [-0.05, 0) is 39.8 Å². The van der Waals surface area contributed by atoms with E-state index in [2.05, 4.69) is 6.58 Å². The fourth-order valence-electron chi connectivity index (χ4n) is 1.36. The molecule has 5 heteroatoms. The van der Waals surface area contributed by atoms with Crippen molar-refractivity contribution in [3.05, 3.63) is 12.7 Å². The summed E-state index contributed by atoms with van der Waals surface area (Å²) in [6, 6.07) is 0. The van der Waals surface area contributed by atoms with Gasteiger partial charge in [0.1, 0.15) is 0 Å². The van der Waals surface area contributed by atoms with E-state index in [9.17, 15) is 9.59 Å². The minimum absolute atomic E-state index is 0.145. The molecule has 110 valence electrons. The van der Waals surface area contributed by atoms with E-state index in [0.717, 1.165) is 31.8 Å². The first-order valence-electron chi connectivity index (χ1n) is 6.65. The lowest BCUT2D eigenvalue weighted by Gasteiger charge is -2.09. The van der Waals surface area contributed by atoms with Gasteiger partial charge in [0.15, 0.2) is 0 Å². The number of carbonyl (C=O) groups excluding carboxylic acids is 2. The molecule has 0 heterocycles. The number of rotatable bonds is 11. The Hall–Kier alpha value is -1.36. The summed E-state index contributed by atoms with van der Waals surface area (Å²) >= 11 is 0. The Kier molecular flexibility index (Phi) is 10.9. The van der Waals surface area contributed by atoms with Crippen molar-refractivity contribution in [3.63, 3.8) is 0 Å². The van der Waals surface area contributed by atoms with Gasteiger partial charge >= 0.3 is 11.9 Å². The Morgan fingerprint density at radius 2 is 1.63 bits per heavy atom. The van der Waals surface area contributed by atoms with Gasteiger partial charge in [-0.15, -0.1) is 0 Å². The van der Waals surface area contributed by atoms with E-state index >= 15 is 0 Å². The molecule has 0 amide bonds. The molecule has 0 aliphatic rings. The van der Waals surface area contributed by atoms with E-state index in [-0.39, 0.29) is 11.9 Å². The van der Waals surface area contributed by atoms with Crippen molar-refractivity contribution in [2.24, 2.45) is 0 Å². The smallest absolute Gasteiger partial charge is 0.330 e. The average Bonchev–Trinajstić information content (AvgIpc) is 2.38. The zero-order valence-electron chi connectivity index (χ0n) is 12.0. The maximum Gasteiger partial charge on any atom is 0.330 e. The van der Waals surface area contributed by atoms with E-state index < -0.39 is 0 Å². The van der Waals surface area contributed by atoms with Crippen LogP contribution in [0.2, 0.25) is 0 Å². The van der Waals surface area contributed by atoms with Crippen LogP contribution in [0.3, 0.4) is 0 Å². The highest BCUT2D eigenvalue weighted by atomic mass is 16.5. The van der Waals surface area contributed by atoms with Crippen LogP contribution >= 0.6 is 0 Å². The summed E-state index contributed by atoms with van der Waals surface area (Å²) in [6.07, 6.45) is 5.20. The topological polar surface area (TPSA) is 55.8 Å². The summed E-state index contributed by atoms with van der Waals surface area (Å²) in [7, 11) is 3.85. The average molecular weight is 271 g/mol. The predicted molar refractivity (Wildman–Crippen MR) is 73.8 cm³/mol. The molecule has 0 rings (SSSR count). The molecule has 0 aromatic rings. The molecule has 0 saturated carbocycles. The van der Waals surface area contributed by atoms with Gasteiger partial charge in [0.25, 0.3) is 0 Å². The molecule has 0 atom stereocenters. The van der Waals surface area contributed by atoms with Crippen molar-refractivity contribution in [2.45, 2.75) is 32.1 Å². The molecule has 0 N–H and O–H groups in total. The standard InChI is InChI=1S/C14H25NO4/c1-4-13(16)18-11-7-5-6-8-12-19-14(17)9-10-15(2)3/h4H,1,5-12H2,2-3H3. The second-order valence-electron chi connectivity index (χ2n) is 4.56. The molecule has 0 saturated heterocycles. The number of hydrogen-bond acceptors (Lipinski definition) is 5. The van der Waals surface area contributed by atoms with Crippen LogP contribution in [0.15, 0.2) is 12.7 Å². The minimum Gasteiger partial charge on any atom is -0.466 e. The Balaban J connectivity index is 3.24. The Morgan fingerprint density at radius 3 is 2.16 bits per heavy atom. The lowest BCUT2D eigenvalue weighted by atomic mass is 10.2. The molecular formula is C14H25NO4. The van der Waals surface area contributed by atoms with Crippen molar-refractivity contribution < 1.29 is 19.1 Å². The van der Waals surface area contributed by atoms with Crippen LogP contribution in [0.5, 0.6) is 0 Å². The van der Waals surface area contributed by atoms with Crippen LogP contribution in [0.1, 0.15) is 32.1 Å². The van der Waals surface area contributed by atoms with E-state index in [1.807, 2.05) is 19.0 Å². The number of esters is 2. The second kappa shape index (κ2) is 11.7. The third kappa shape index (κ3) is 12.9. The first-order chi connectivity index (χ1) is 9.06.